The zero-order chi connectivity index (χ0) is 13.0. The molecule has 0 saturated carbocycles. The lowest BCUT2D eigenvalue weighted by Crippen LogP contribution is -2.06. The minimum absolute atomic E-state index is 0.597. The second kappa shape index (κ2) is 6.03. The van der Waals surface area contributed by atoms with E-state index in [1.54, 1.807) is 7.11 Å². The van der Waals surface area contributed by atoms with Crippen LogP contribution in [0.25, 0.3) is 11.0 Å². The van der Waals surface area contributed by atoms with E-state index in [9.17, 15) is 0 Å². The predicted molar refractivity (Wildman–Crippen MR) is 73.7 cm³/mol. The topological polar surface area (TPSA) is 34.4 Å². The van der Waals surface area contributed by atoms with E-state index in [1.807, 2.05) is 7.05 Å². The van der Waals surface area contributed by atoms with Gasteiger partial charge >= 0.3 is 0 Å². The fourth-order valence-corrected chi connectivity index (χ4v) is 2.30. The van der Waals surface area contributed by atoms with Crippen molar-refractivity contribution in [3.05, 3.63) is 35.1 Å². The van der Waals surface area contributed by atoms with Crippen LogP contribution in [0.4, 0.5) is 0 Å². The summed E-state index contributed by atoms with van der Waals surface area (Å²) in [7, 11) is 3.64. The summed E-state index contributed by atoms with van der Waals surface area (Å²) in [4.78, 5) is 0. The molecular weight excluding hydrogens is 226 g/mol. The maximum atomic E-state index is 5.88. The van der Waals surface area contributed by atoms with E-state index < -0.39 is 0 Å². The number of methoxy groups -OCH3 is 1. The van der Waals surface area contributed by atoms with Gasteiger partial charge in [-0.1, -0.05) is 19.4 Å². The summed E-state index contributed by atoms with van der Waals surface area (Å²) in [6.45, 7) is 3.53. The van der Waals surface area contributed by atoms with Gasteiger partial charge in [0, 0.05) is 18.1 Å². The number of ether oxygens (including phenoxy) is 1. The van der Waals surface area contributed by atoms with Crippen molar-refractivity contribution in [1.29, 1.82) is 0 Å². The van der Waals surface area contributed by atoms with E-state index in [1.165, 1.54) is 16.5 Å². The quantitative estimate of drug-likeness (QED) is 0.851. The molecular formula is C15H21NO2. The van der Waals surface area contributed by atoms with Crippen molar-refractivity contribution in [2.45, 2.75) is 32.9 Å². The normalized spacial score (nSPS) is 11.3. The van der Waals surface area contributed by atoms with Crippen molar-refractivity contribution in [2.75, 3.05) is 14.2 Å². The maximum Gasteiger partial charge on any atom is 0.134 e. The number of aryl methyl sites for hydroxylation is 1. The molecule has 2 rings (SSSR count). The van der Waals surface area contributed by atoms with Crippen LogP contribution in [0.5, 0.6) is 0 Å². The van der Waals surface area contributed by atoms with Gasteiger partial charge in [-0.2, -0.15) is 0 Å². The average molecular weight is 247 g/mol. The molecule has 0 fully saturated rings. The van der Waals surface area contributed by atoms with Gasteiger partial charge in [0.1, 0.15) is 11.3 Å². The predicted octanol–water partition coefficient (Wildman–Crippen LogP) is 3.25. The Morgan fingerprint density at radius 2 is 2.17 bits per heavy atom. The summed E-state index contributed by atoms with van der Waals surface area (Å²) in [5, 5.41) is 4.32. The highest BCUT2D eigenvalue weighted by molar-refractivity contribution is 5.83. The van der Waals surface area contributed by atoms with Gasteiger partial charge in [-0.05, 0) is 31.2 Å². The van der Waals surface area contributed by atoms with Crippen molar-refractivity contribution in [1.82, 2.24) is 5.32 Å². The van der Waals surface area contributed by atoms with E-state index in [0.717, 1.165) is 30.7 Å². The summed E-state index contributed by atoms with van der Waals surface area (Å²) in [5.41, 5.74) is 3.48. The standard InChI is InChI=1S/C15H21NO2/c1-4-5-11-6-7-14-12(8-11)13(10-17-3)15(18-14)9-16-2/h6-8,16H,4-5,9-10H2,1-3H3. The van der Waals surface area contributed by atoms with E-state index >= 15 is 0 Å². The van der Waals surface area contributed by atoms with E-state index in [2.05, 4.69) is 30.4 Å². The fraction of sp³-hybridized carbons (Fsp3) is 0.467. The minimum atomic E-state index is 0.597. The highest BCUT2D eigenvalue weighted by atomic mass is 16.5. The number of furan rings is 1. The third-order valence-corrected chi connectivity index (χ3v) is 3.10. The van der Waals surface area contributed by atoms with Crippen LogP contribution >= 0.6 is 0 Å². The molecule has 0 saturated heterocycles. The van der Waals surface area contributed by atoms with Crippen LogP contribution in [0.1, 0.15) is 30.2 Å². The number of nitrogens with one attached hydrogen (secondary N) is 1. The molecule has 3 nitrogen and oxygen atoms in total. The molecule has 0 aliphatic heterocycles. The molecule has 0 unspecified atom stereocenters. The molecule has 0 spiro atoms. The van der Waals surface area contributed by atoms with Crippen molar-refractivity contribution < 1.29 is 9.15 Å². The van der Waals surface area contributed by atoms with Crippen molar-refractivity contribution in [3.8, 4) is 0 Å². The molecule has 0 amide bonds. The van der Waals surface area contributed by atoms with Gasteiger partial charge in [0.15, 0.2) is 0 Å². The molecule has 0 aliphatic rings. The maximum absolute atomic E-state index is 5.88. The average Bonchev–Trinajstić information content (AvgIpc) is 2.69. The minimum Gasteiger partial charge on any atom is -0.459 e. The Balaban J connectivity index is 2.48. The summed E-state index contributed by atoms with van der Waals surface area (Å²) in [6.07, 6.45) is 2.27. The van der Waals surface area contributed by atoms with Crippen LogP contribution in [-0.2, 0) is 24.3 Å². The lowest BCUT2D eigenvalue weighted by molar-refractivity contribution is 0.183. The number of hydrogen-bond acceptors (Lipinski definition) is 3. The second-order valence-corrected chi connectivity index (χ2v) is 4.55. The Morgan fingerprint density at radius 3 is 2.83 bits per heavy atom. The number of rotatable bonds is 6. The van der Waals surface area contributed by atoms with Gasteiger partial charge in [0.2, 0.25) is 0 Å². The first-order chi connectivity index (χ1) is 8.80. The Kier molecular flexibility index (Phi) is 4.39. The van der Waals surface area contributed by atoms with E-state index in [-0.39, 0.29) is 0 Å². The second-order valence-electron chi connectivity index (χ2n) is 4.55. The first kappa shape index (κ1) is 13.1. The van der Waals surface area contributed by atoms with Crippen LogP contribution in [0.3, 0.4) is 0 Å². The lowest BCUT2D eigenvalue weighted by Gasteiger charge is -2.02. The zero-order valence-corrected chi connectivity index (χ0v) is 11.4. The highest BCUT2D eigenvalue weighted by Crippen LogP contribution is 2.28. The highest BCUT2D eigenvalue weighted by Gasteiger charge is 2.13. The Hall–Kier alpha value is -1.32. The molecule has 98 valence electrons. The van der Waals surface area contributed by atoms with Crippen LogP contribution < -0.4 is 5.32 Å². The van der Waals surface area contributed by atoms with E-state index in [4.69, 9.17) is 9.15 Å². The number of hydrogen-bond donors (Lipinski definition) is 1. The zero-order valence-electron chi connectivity index (χ0n) is 11.4. The van der Waals surface area contributed by atoms with Gasteiger partial charge < -0.3 is 14.5 Å². The van der Waals surface area contributed by atoms with Crippen LogP contribution in [0.15, 0.2) is 22.6 Å². The summed E-state index contributed by atoms with van der Waals surface area (Å²) in [5.74, 6) is 0.975. The largest absolute Gasteiger partial charge is 0.459 e. The first-order valence-corrected chi connectivity index (χ1v) is 6.46. The summed E-state index contributed by atoms with van der Waals surface area (Å²) in [6, 6.07) is 6.45. The van der Waals surface area contributed by atoms with Crippen molar-refractivity contribution >= 4 is 11.0 Å². The molecule has 3 heteroatoms. The van der Waals surface area contributed by atoms with Crippen molar-refractivity contribution in [2.24, 2.45) is 0 Å². The third-order valence-electron chi connectivity index (χ3n) is 3.10. The molecule has 0 atom stereocenters. The van der Waals surface area contributed by atoms with Crippen LogP contribution in [0, 0.1) is 0 Å². The van der Waals surface area contributed by atoms with Crippen molar-refractivity contribution in [3.63, 3.8) is 0 Å². The van der Waals surface area contributed by atoms with E-state index in [0.29, 0.717) is 6.61 Å². The molecule has 1 N–H and O–H groups in total. The Labute approximate surface area is 108 Å². The SMILES string of the molecule is CCCc1ccc2oc(CNC)c(COC)c2c1. The van der Waals surface area contributed by atoms with Crippen LogP contribution in [0.2, 0.25) is 0 Å². The third kappa shape index (κ3) is 2.57. The smallest absolute Gasteiger partial charge is 0.134 e. The number of benzene rings is 1. The van der Waals surface area contributed by atoms with Gasteiger partial charge in [-0.15, -0.1) is 0 Å². The molecule has 1 aromatic heterocycles. The molecule has 1 aromatic carbocycles. The van der Waals surface area contributed by atoms with Crippen LogP contribution in [-0.4, -0.2) is 14.2 Å². The Bertz CT molecular complexity index is 516. The van der Waals surface area contributed by atoms with Gasteiger partial charge in [-0.3, -0.25) is 0 Å². The molecule has 2 aromatic rings. The summed E-state index contributed by atoms with van der Waals surface area (Å²) >= 11 is 0. The van der Waals surface area contributed by atoms with Gasteiger partial charge in [0.25, 0.3) is 0 Å². The molecule has 0 bridgehead atoms. The fourth-order valence-electron chi connectivity index (χ4n) is 2.30. The summed E-state index contributed by atoms with van der Waals surface area (Å²) < 4.78 is 11.2. The first-order valence-electron chi connectivity index (χ1n) is 6.46. The monoisotopic (exact) mass is 247 g/mol. The Morgan fingerprint density at radius 1 is 1.33 bits per heavy atom. The van der Waals surface area contributed by atoms with Gasteiger partial charge in [0.05, 0.1) is 13.2 Å². The lowest BCUT2D eigenvalue weighted by atomic mass is 10.1. The molecule has 18 heavy (non-hydrogen) atoms. The van der Waals surface area contributed by atoms with Gasteiger partial charge in [-0.25, -0.2) is 0 Å². The molecule has 1 heterocycles. The number of fused-ring (bicyclic) bond motifs is 1. The molecule has 0 aliphatic carbocycles. The molecule has 0 radical (unpaired) electrons.